The number of nitrogens with one attached hydrogen (secondary N) is 1. The van der Waals surface area contributed by atoms with Crippen LogP contribution < -0.4 is 11.1 Å². The normalized spacial score (nSPS) is 12.7. The number of anilines is 1. The number of aliphatic carboxylic acids is 2. The van der Waals surface area contributed by atoms with Crippen LogP contribution in [0.25, 0.3) is 21.1 Å². The number of furan rings is 1. The van der Waals surface area contributed by atoms with Crippen LogP contribution in [0.5, 0.6) is 0 Å². The monoisotopic (exact) mass is 426 g/mol. The summed E-state index contributed by atoms with van der Waals surface area (Å²) >= 11 is 1.61. The minimum Gasteiger partial charge on any atom is -0.480 e. The molecule has 0 fully saturated rings. The maximum atomic E-state index is 10.7. The van der Waals surface area contributed by atoms with Crippen LogP contribution in [0.3, 0.4) is 0 Å². The van der Waals surface area contributed by atoms with Gasteiger partial charge in [0.25, 0.3) is 0 Å². The second-order valence-electron chi connectivity index (χ2n) is 6.76. The van der Waals surface area contributed by atoms with Crippen molar-refractivity contribution in [1.29, 1.82) is 0 Å². The van der Waals surface area contributed by atoms with Gasteiger partial charge >= 0.3 is 11.9 Å². The van der Waals surface area contributed by atoms with Gasteiger partial charge in [-0.2, -0.15) is 0 Å². The Labute approximate surface area is 176 Å². The maximum absolute atomic E-state index is 10.7. The highest BCUT2D eigenvalue weighted by molar-refractivity contribution is 7.17. The van der Waals surface area contributed by atoms with E-state index in [-0.39, 0.29) is 6.42 Å². The molecule has 4 rings (SSSR count). The number of benzene rings is 2. The van der Waals surface area contributed by atoms with Gasteiger partial charge in [-0.15, -0.1) is 11.3 Å². The van der Waals surface area contributed by atoms with E-state index in [9.17, 15) is 9.59 Å². The molecular weight excluding hydrogens is 404 g/mol. The third-order valence-electron chi connectivity index (χ3n) is 4.54. The highest BCUT2D eigenvalue weighted by atomic mass is 32.1. The van der Waals surface area contributed by atoms with Crippen molar-refractivity contribution in [2.75, 3.05) is 5.32 Å². The number of hydrogen-bond acceptors (Lipinski definition) is 6. The summed E-state index contributed by atoms with van der Waals surface area (Å²) in [5.41, 5.74) is 7.94. The van der Waals surface area contributed by atoms with E-state index >= 15 is 0 Å². The van der Waals surface area contributed by atoms with Crippen molar-refractivity contribution in [1.82, 2.24) is 0 Å². The predicted octanol–water partition coefficient (Wildman–Crippen LogP) is 4.17. The van der Waals surface area contributed by atoms with Crippen molar-refractivity contribution >= 4 is 50.0 Å². The van der Waals surface area contributed by atoms with E-state index < -0.39 is 24.0 Å². The molecule has 0 saturated carbocycles. The van der Waals surface area contributed by atoms with Crippen LogP contribution in [0.1, 0.15) is 12.5 Å². The number of para-hydroxylation sites is 1. The standard InChI is InChI=1S/C11H11NO3.C11H11NO2S/c12-9(11(13)14)5-7-6-15-10-4-2-1-3-8(7)10;1-7(11(13)14)12-9-6-15-10-5-3-2-4-8(9)10/h1-4,6,9H,5,12H2,(H,13,14);2-7,12H,1H3,(H,13,14)/t9-;7-/m00/s1. The molecule has 0 aliphatic heterocycles. The first-order chi connectivity index (χ1) is 14.4. The van der Waals surface area contributed by atoms with Crippen molar-refractivity contribution in [2.45, 2.75) is 25.4 Å². The third kappa shape index (κ3) is 4.97. The quantitative estimate of drug-likeness (QED) is 0.364. The molecule has 0 aliphatic rings. The molecule has 2 aromatic heterocycles. The van der Waals surface area contributed by atoms with Crippen molar-refractivity contribution in [3.05, 3.63) is 65.7 Å². The van der Waals surface area contributed by atoms with E-state index in [4.69, 9.17) is 20.4 Å². The zero-order chi connectivity index (χ0) is 21.7. The molecule has 0 unspecified atom stereocenters. The lowest BCUT2D eigenvalue weighted by Gasteiger charge is -2.09. The number of carbonyl (C=O) groups is 2. The number of hydrogen-bond donors (Lipinski definition) is 4. The minimum atomic E-state index is -1.000. The van der Waals surface area contributed by atoms with Crippen LogP contribution in [0.2, 0.25) is 0 Å². The van der Waals surface area contributed by atoms with Crippen LogP contribution in [0, 0.1) is 0 Å². The lowest BCUT2D eigenvalue weighted by atomic mass is 10.1. The Bertz CT molecular complexity index is 1070. The van der Waals surface area contributed by atoms with Crippen LogP contribution in [0.4, 0.5) is 5.69 Å². The minimum absolute atomic E-state index is 0.284. The summed E-state index contributed by atoms with van der Waals surface area (Å²) in [4.78, 5) is 21.3. The average molecular weight is 426 g/mol. The molecule has 5 N–H and O–H groups in total. The first kappa shape index (κ1) is 21.4. The van der Waals surface area contributed by atoms with Crippen molar-refractivity contribution in [3.8, 4) is 0 Å². The summed E-state index contributed by atoms with van der Waals surface area (Å²) in [6, 6.07) is 14.0. The average Bonchev–Trinajstić information content (AvgIpc) is 3.33. The van der Waals surface area contributed by atoms with Gasteiger partial charge in [0.15, 0.2) is 0 Å². The summed E-state index contributed by atoms with van der Waals surface area (Å²) in [5, 5.41) is 24.4. The van der Waals surface area contributed by atoms with E-state index in [1.165, 1.54) is 0 Å². The molecule has 2 aromatic carbocycles. The Kier molecular flexibility index (Phi) is 6.71. The van der Waals surface area contributed by atoms with Crippen LogP contribution in [0.15, 0.2) is 64.6 Å². The summed E-state index contributed by atoms with van der Waals surface area (Å²) in [6.07, 6.45) is 1.85. The molecule has 0 bridgehead atoms. The van der Waals surface area contributed by atoms with Crippen LogP contribution in [-0.4, -0.2) is 34.2 Å². The Morgan fingerprint density at radius 3 is 2.43 bits per heavy atom. The Morgan fingerprint density at radius 1 is 1.07 bits per heavy atom. The van der Waals surface area contributed by atoms with E-state index in [0.717, 1.165) is 32.3 Å². The topological polar surface area (TPSA) is 126 Å². The molecule has 0 amide bonds. The summed E-state index contributed by atoms with van der Waals surface area (Å²) < 4.78 is 6.45. The van der Waals surface area contributed by atoms with Crippen molar-refractivity contribution < 1.29 is 24.2 Å². The Balaban J connectivity index is 0.000000171. The Morgan fingerprint density at radius 2 is 1.73 bits per heavy atom. The zero-order valence-corrected chi connectivity index (χ0v) is 17.1. The first-order valence-electron chi connectivity index (χ1n) is 9.26. The molecule has 30 heavy (non-hydrogen) atoms. The molecule has 0 saturated heterocycles. The van der Waals surface area contributed by atoms with E-state index in [2.05, 4.69) is 5.32 Å². The molecule has 0 aliphatic carbocycles. The van der Waals surface area contributed by atoms with Gasteiger partial charge < -0.3 is 25.7 Å². The molecular formula is C22H22N2O5S. The molecule has 156 valence electrons. The number of carboxylic acid groups (broad SMARTS) is 2. The fraction of sp³-hybridized carbons (Fsp3) is 0.182. The molecule has 8 heteroatoms. The number of nitrogens with two attached hydrogens (primary N) is 1. The lowest BCUT2D eigenvalue weighted by molar-refractivity contribution is -0.139. The summed E-state index contributed by atoms with van der Waals surface area (Å²) in [7, 11) is 0. The lowest BCUT2D eigenvalue weighted by Crippen LogP contribution is -2.32. The van der Waals surface area contributed by atoms with Gasteiger partial charge in [-0.1, -0.05) is 36.4 Å². The highest BCUT2D eigenvalue weighted by Gasteiger charge is 2.15. The fourth-order valence-electron chi connectivity index (χ4n) is 2.90. The zero-order valence-electron chi connectivity index (χ0n) is 16.2. The third-order valence-corrected chi connectivity index (χ3v) is 5.51. The molecule has 2 atom stereocenters. The molecule has 2 heterocycles. The number of rotatable bonds is 6. The van der Waals surface area contributed by atoms with Crippen molar-refractivity contribution in [3.63, 3.8) is 0 Å². The number of thiophene rings is 1. The van der Waals surface area contributed by atoms with E-state index in [1.54, 1.807) is 24.5 Å². The van der Waals surface area contributed by atoms with Gasteiger partial charge in [-0.3, -0.25) is 9.59 Å². The van der Waals surface area contributed by atoms with Gasteiger partial charge in [0.1, 0.15) is 17.7 Å². The maximum Gasteiger partial charge on any atom is 0.325 e. The molecule has 7 nitrogen and oxygen atoms in total. The van der Waals surface area contributed by atoms with Crippen molar-refractivity contribution in [2.24, 2.45) is 5.73 Å². The smallest absolute Gasteiger partial charge is 0.325 e. The largest absolute Gasteiger partial charge is 0.480 e. The highest BCUT2D eigenvalue weighted by Crippen LogP contribution is 2.30. The van der Waals surface area contributed by atoms with E-state index in [1.807, 2.05) is 53.9 Å². The SMILES string of the molecule is C[C@H](Nc1csc2ccccc12)C(=O)O.N[C@@H](Cc1coc2ccccc12)C(=O)O. The second-order valence-corrected chi connectivity index (χ2v) is 7.67. The molecule has 0 radical (unpaired) electrons. The predicted molar refractivity (Wildman–Crippen MR) is 118 cm³/mol. The van der Waals surface area contributed by atoms with Gasteiger partial charge in [-0.05, 0) is 19.1 Å². The van der Waals surface area contributed by atoms with E-state index in [0.29, 0.717) is 0 Å². The number of fused-ring (bicyclic) bond motifs is 2. The summed E-state index contributed by atoms with van der Waals surface area (Å²) in [6.45, 7) is 1.63. The fourth-order valence-corrected chi connectivity index (χ4v) is 3.80. The van der Waals surface area contributed by atoms with Gasteiger partial charge in [-0.25, -0.2) is 0 Å². The number of carboxylic acids is 2. The van der Waals surface area contributed by atoms with Gasteiger partial charge in [0.05, 0.1) is 12.0 Å². The Hall–Kier alpha value is -3.36. The van der Waals surface area contributed by atoms with Crippen LogP contribution >= 0.6 is 11.3 Å². The summed E-state index contributed by atoms with van der Waals surface area (Å²) in [5.74, 6) is -1.84. The van der Waals surface area contributed by atoms with Crippen LogP contribution in [-0.2, 0) is 16.0 Å². The molecule has 4 aromatic rings. The second kappa shape index (κ2) is 9.43. The van der Waals surface area contributed by atoms with Gasteiger partial charge in [0.2, 0.25) is 0 Å². The first-order valence-corrected chi connectivity index (χ1v) is 10.1. The van der Waals surface area contributed by atoms with Gasteiger partial charge in [0, 0.05) is 32.8 Å². The molecule has 0 spiro atoms.